The number of nitriles is 1. The lowest BCUT2D eigenvalue weighted by molar-refractivity contribution is 0.154. The van der Waals surface area contributed by atoms with Crippen LogP contribution >= 0.6 is 0 Å². The summed E-state index contributed by atoms with van der Waals surface area (Å²) in [5.74, 6) is 0. The van der Waals surface area contributed by atoms with E-state index in [0.717, 1.165) is 12.8 Å². The standard InChI is InChI=1S/C14H25N/c1-2-3-5-9-14(12-8-13-15)10-6-4-7-11-14/h2-12H2,1H3. The molecule has 0 atom stereocenters. The van der Waals surface area contributed by atoms with Crippen LogP contribution in [0.4, 0.5) is 0 Å². The maximum atomic E-state index is 8.73. The SMILES string of the molecule is CCCCCC1(CCC#N)CCCCC1. The predicted octanol–water partition coefficient (Wildman–Crippen LogP) is 4.82. The predicted molar refractivity (Wildman–Crippen MR) is 64.5 cm³/mol. The molecule has 1 fully saturated rings. The molecule has 1 rings (SSSR count). The Labute approximate surface area is 94.9 Å². The molecular weight excluding hydrogens is 182 g/mol. The van der Waals surface area contributed by atoms with E-state index in [9.17, 15) is 0 Å². The monoisotopic (exact) mass is 207 g/mol. The van der Waals surface area contributed by atoms with Gasteiger partial charge in [0.25, 0.3) is 0 Å². The van der Waals surface area contributed by atoms with Gasteiger partial charge in [-0.25, -0.2) is 0 Å². The minimum Gasteiger partial charge on any atom is -0.198 e. The average Bonchev–Trinajstić information content (AvgIpc) is 2.28. The molecule has 0 unspecified atom stereocenters. The van der Waals surface area contributed by atoms with Gasteiger partial charge in [-0.15, -0.1) is 0 Å². The molecule has 0 N–H and O–H groups in total. The maximum absolute atomic E-state index is 8.73. The van der Waals surface area contributed by atoms with Crippen LogP contribution in [0.3, 0.4) is 0 Å². The third-order valence-corrected chi connectivity index (χ3v) is 3.99. The molecule has 0 amide bonds. The van der Waals surface area contributed by atoms with Gasteiger partial charge in [0, 0.05) is 6.42 Å². The van der Waals surface area contributed by atoms with Crippen molar-refractivity contribution in [1.82, 2.24) is 0 Å². The first-order valence-corrected chi connectivity index (χ1v) is 6.70. The van der Waals surface area contributed by atoms with E-state index in [1.807, 2.05) is 0 Å². The van der Waals surface area contributed by atoms with Crippen LogP contribution in [0.15, 0.2) is 0 Å². The third kappa shape index (κ3) is 4.24. The lowest BCUT2D eigenvalue weighted by Crippen LogP contribution is -2.24. The van der Waals surface area contributed by atoms with Crippen molar-refractivity contribution in [2.45, 2.75) is 77.6 Å². The van der Waals surface area contributed by atoms with E-state index in [1.165, 1.54) is 57.8 Å². The second-order valence-electron chi connectivity index (χ2n) is 5.18. The summed E-state index contributed by atoms with van der Waals surface area (Å²) in [5.41, 5.74) is 0.559. The zero-order valence-corrected chi connectivity index (χ0v) is 10.2. The number of rotatable bonds is 6. The zero-order valence-electron chi connectivity index (χ0n) is 10.2. The van der Waals surface area contributed by atoms with Crippen LogP contribution in [0.2, 0.25) is 0 Å². The van der Waals surface area contributed by atoms with Gasteiger partial charge >= 0.3 is 0 Å². The Bertz CT molecular complexity index is 196. The highest BCUT2D eigenvalue weighted by Gasteiger charge is 2.30. The lowest BCUT2D eigenvalue weighted by Gasteiger charge is -2.37. The molecule has 0 aromatic heterocycles. The van der Waals surface area contributed by atoms with E-state index >= 15 is 0 Å². The van der Waals surface area contributed by atoms with Gasteiger partial charge in [-0.2, -0.15) is 5.26 Å². The van der Waals surface area contributed by atoms with E-state index in [-0.39, 0.29) is 0 Å². The highest BCUT2D eigenvalue weighted by Crippen LogP contribution is 2.44. The van der Waals surface area contributed by atoms with E-state index in [2.05, 4.69) is 13.0 Å². The fourth-order valence-electron chi connectivity index (χ4n) is 3.00. The second kappa shape index (κ2) is 6.88. The molecule has 0 saturated heterocycles. The minimum atomic E-state index is 0.559. The molecule has 0 aliphatic heterocycles. The molecule has 0 radical (unpaired) electrons. The van der Waals surface area contributed by atoms with Gasteiger partial charge in [0.15, 0.2) is 0 Å². The summed E-state index contributed by atoms with van der Waals surface area (Å²) in [6.45, 7) is 2.27. The largest absolute Gasteiger partial charge is 0.198 e. The van der Waals surface area contributed by atoms with Crippen LogP contribution in [-0.2, 0) is 0 Å². The van der Waals surface area contributed by atoms with Crippen LogP contribution < -0.4 is 0 Å². The summed E-state index contributed by atoms with van der Waals surface area (Å²) in [7, 11) is 0. The molecule has 1 heteroatoms. The fourth-order valence-corrected chi connectivity index (χ4v) is 3.00. The van der Waals surface area contributed by atoms with Crippen molar-refractivity contribution in [3.63, 3.8) is 0 Å². The highest BCUT2D eigenvalue weighted by molar-refractivity contribution is 4.86. The molecule has 1 aliphatic carbocycles. The van der Waals surface area contributed by atoms with E-state index in [1.54, 1.807) is 0 Å². The smallest absolute Gasteiger partial charge is 0.0621 e. The van der Waals surface area contributed by atoms with Gasteiger partial charge in [0.05, 0.1) is 6.07 Å². The van der Waals surface area contributed by atoms with Crippen LogP contribution in [0, 0.1) is 16.7 Å². The number of hydrogen-bond donors (Lipinski definition) is 0. The van der Waals surface area contributed by atoms with Crippen molar-refractivity contribution in [2.75, 3.05) is 0 Å². The van der Waals surface area contributed by atoms with E-state index in [0.29, 0.717) is 5.41 Å². The van der Waals surface area contributed by atoms with Crippen LogP contribution in [0.25, 0.3) is 0 Å². The van der Waals surface area contributed by atoms with Gasteiger partial charge in [-0.3, -0.25) is 0 Å². The summed E-state index contributed by atoms with van der Waals surface area (Å²) in [6, 6.07) is 2.33. The fraction of sp³-hybridized carbons (Fsp3) is 0.929. The molecule has 86 valence electrons. The number of unbranched alkanes of at least 4 members (excludes halogenated alkanes) is 2. The first kappa shape index (κ1) is 12.6. The summed E-state index contributed by atoms with van der Waals surface area (Å²) >= 11 is 0. The van der Waals surface area contributed by atoms with Crippen molar-refractivity contribution in [2.24, 2.45) is 5.41 Å². The van der Waals surface area contributed by atoms with Crippen molar-refractivity contribution in [3.8, 4) is 6.07 Å². The van der Waals surface area contributed by atoms with Crippen LogP contribution in [0.5, 0.6) is 0 Å². The average molecular weight is 207 g/mol. The van der Waals surface area contributed by atoms with Crippen LogP contribution in [-0.4, -0.2) is 0 Å². The second-order valence-corrected chi connectivity index (χ2v) is 5.18. The van der Waals surface area contributed by atoms with Gasteiger partial charge in [-0.05, 0) is 31.1 Å². The van der Waals surface area contributed by atoms with Gasteiger partial charge in [0.2, 0.25) is 0 Å². The summed E-state index contributed by atoms with van der Waals surface area (Å²) in [6.07, 6.45) is 14.4. The number of nitrogens with zero attached hydrogens (tertiary/aromatic N) is 1. The van der Waals surface area contributed by atoms with Crippen LogP contribution in [0.1, 0.15) is 77.6 Å². The Morgan fingerprint density at radius 3 is 2.40 bits per heavy atom. The van der Waals surface area contributed by atoms with Gasteiger partial charge in [0.1, 0.15) is 0 Å². The Balaban J connectivity index is 2.39. The highest BCUT2D eigenvalue weighted by atomic mass is 14.4. The van der Waals surface area contributed by atoms with Crippen molar-refractivity contribution in [1.29, 1.82) is 5.26 Å². The lowest BCUT2D eigenvalue weighted by atomic mass is 9.68. The Morgan fingerprint density at radius 2 is 1.80 bits per heavy atom. The normalized spacial score (nSPS) is 19.7. The van der Waals surface area contributed by atoms with E-state index in [4.69, 9.17) is 5.26 Å². The summed E-state index contributed by atoms with van der Waals surface area (Å²) in [4.78, 5) is 0. The van der Waals surface area contributed by atoms with Gasteiger partial charge in [-0.1, -0.05) is 45.4 Å². The molecular formula is C14H25N. The molecule has 1 aliphatic rings. The Kier molecular flexibility index (Phi) is 5.76. The Morgan fingerprint density at radius 1 is 1.07 bits per heavy atom. The van der Waals surface area contributed by atoms with Crippen molar-refractivity contribution < 1.29 is 0 Å². The molecule has 0 spiro atoms. The summed E-state index contributed by atoms with van der Waals surface area (Å²) < 4.78 is 0. The molecule has 0 aromatic carbocycles. The van der Waals surface area contributed by atoms with E-state index < -0.39 is 0 Å². The maximum Gasteiger partial charge on any atom is 0.0621 e. The van der Waals surface area contributed by atoms with Crippen molar-refractivity contribution >= 4 is 0 Å². The zero-order chi connectivity index (χ0) is 11.0. The molecule has 15 heavy (non-hydrogen) atoms. The topological polar surface area (TPSA) is 23.8 Å². The molecule has 1 nitrogen and oxygen atoms in total. The Hall–Kier alpha value is -0.510. The number of hydrogen-bond acceptors (Lipinski definition) is 1. The minimum absolute atomic E-state index is 0.559. The van der Waals surface area contributed by atoms with Gasteiger partial charge < -0.3 is 0 Å². The molecule has 1 saturated carbocycles. The van der Waals surface area contributed by atoms with Crippen molar-refractivity contribution in [3.05, 3.63) is 0 Å². The third-order valence-electron chi connectivity index (χ3n) is 3.99. The molecule has 0 heterocycles. The first-order chi connectivity index (χ1) is 7.33. The quantitative estimate of drug-likeness (QED) is 0.573. The summed E-state index contributed by atoms with van der Waals surface area (Å²) in [5, 5.41) is 8.73. The molecule has 0 bridgehead atoms. The first-order valence-electron chi connectivity index (χ1n) is 6.70. The molecule has 0 aromatic rings.